The first-order chi connectivity index (χ1) is 19.8. The van der Waals surface area contributed by atoms with Crippen LogP contribution >= 0.6 is 47.8 Å². The van der Waals surface area contributed by atoms with Gasteiger partial charge in [-0.05, 0) is 92.2 Å². The Labute approximate surface area is 370 Å². The van der Waals surface area contributed by atoms with E-state index >= 15 is 0 Å². The number of aryl methyl sites for hydroxylation is 3. The summed E-state index contributed by atoms with van der Waals surface area (Å²) >= 11 is 10.3. The average molecular weight is 854 g/mol. The molecule has 4 aromatic rings. The Balaban J connectivity index is -0.000000272. The molecule has 0 spiro atoms. The summed E-state index contributed by atoms with van der Waals surface area (Å²) in [6.45, 7) is 0.498. The molecular weight excluding hydrogens is 818 g/mol. The molecule has 0 amide bonds. The van der Waals surface area contributed by atoms with Gasteiger partial charge in [-0.25, -0.2) is 0 Å². The Hall–Kier alpha value is 0.0827. The third-order valence-corrected chi connectivity index (χ3v) is 6.71. The molecule has 1 N–H and O–H groups in total. The second-order valence-electron chi connectivity index (χ2n) is 7.78. The normalized spacial score (nSPS) is 8.77. The Morgan fingerprint density at radius 1 is 0.864 bits per heavy atom. The van der Waals surface area contributed by atoms with Gasteiger partial charge in [0.2, 0.25) is 5.56 Å². The summed E-state index contributed by atoms with van der Waals surface area (Å²) in [6.07, 6.45) is 5.26. The van der Waals surface area contributed by atoms with Crippen LogP contribution < -0.4 is 129 Å². The molecule has 0 saturated heterocycles. The summed E-state index contributed by atoms with van der Waals surface area (Å²) in [7, 11) is 3.31. The fourth-order valence-electron chi connectivity index (χ4n) is 3.11. The number of hydrogen-bond donors (Lipinski definition) is 1. The largest absolute Gasteiger partial charge is 1.00 e. The van der Waals surface area contributed by atoms with Gasteiger partial charge in [0, 0.05) is 36.4 Å². The minimum Gasteiger partial charge on any atom is -1.00 e. The van der Waals surface area contributed by atoms with Crippen molar-refractivity contribution < 1.29 is 129 Å². The number of pyridine rings is 2. The molecule has 0 aliphatic carbocycles. The summed E-state index contributed by atoms with van der Waals surface area (Å²) in [5.41, 5.74) is 2.45. The van der Waals surface area contributed by atoms with E-state index in [4.69, 9.17) is 19.5 Å². The van der Waals surface area contributed by atoms with Crippen molar-refractivity contribution in [3.8, 4) is 11.5 Å². The molecule has 14 heteroatoms. The van der Waals surface area contributed by atoms with Gasteiger partial charge >= 0.3 is 103 Å². The molecule has 44 heavy (non-hydrogen) atoms. The third kappa shape index (κ3) is 21.1. The molecule has 0 unspecified atom stereocenters. The van der Waals surface area contributed by atoms with E-state index in [9.17, 15) is 9.59 Å². The second-order valence-corrected chi connectivity index (χ2v) is 10.3. The number of H-pyrrole nitrogens is 1. The van der Waals surface area contributed by atoms with Gasteiger partial charge in [-0.15, -0.1) is 0 Å². The van der Waals surface area contributed by atoms with E-state index in [1.54, 1.807) is 55.4 Å². The smallest absolute Gasteiger partial charge is 1.00 e. The summed E-state index contributed by atoms with van der Waals surface area (Å²) in [5, 5.41) is 9.42. The Kier molecular flexibility index (Phi) is 33.5. The maximum atomic E-state index is 11.5. The number of carbonyl (C=O) groups is 1. The van der Waals surface area contributed by atoms with Crippen molar-refractivity contribution in [1.82, 2.24) is 9.55 Å². The standard InChI is InChI=1S/C14H14BrNO2.C9H10Br2O.C5H5NO.CH2O3.CH4.2K.H/c1-18-13-6-5-11(10-12(13)15)7-9-16-8-3-2-4-14(16)17;1-12-9-3-2-7(4-5-10)6-8(9)11;7-5-3-1-2-4-6-5;2-1-4-3;;;;/h2-6,8,10H,7,9H2,1H3;2-3,6H,4-5H2,1H3;1-4H,(H,6,7);1,3H;1H4;;;/q;;;;;2*+1;-1/p-1. The number of rotatable bonds is 8. The number of carbonyl (C=O) groups excluding carboxylic acids is 1. The molecule has 4 rings (SSSR count). The molecule has 0 radical (unpaired) electrons. The molecule has 2 aromatic heterocycles. The molecule has 0 aliphatic heterocycles. The number of benzene rings is 2. The number of hydrogen-bond acceptors (Lipinski definition) is 7. The van der Waals surface area contributed by atoms with Crippen molar-refractivity contribution in [2.24, 2.45) is 0 Å². The number of methoxy groups -OCH3 is 2. The first kappa shape index (κ1) is 48.5. The van der Waals surface area contributed by atoms with Crippen LogP contribution in [0.2, 0.25) is 0 Å². The summed E-state index contributed by atoms with van der Waals surface area (Å²) < 4.78 is 14.0. The Bertz CT molecular complexity index is 1430. The van der Waals surface area contributed by atoms with E-state index in [0.29, 0.717) is 6.54 Å². The average Bonchev–Trinajstić information content (AvgIpc) is 2.98. The van der Waals surface area contributed by atoms with E-state index in [-0.39, 0.29) is 129 Å². The predicted molar refractivity (Wildman–Crippen MR) is 175 cm³/mol. The van der Waals surface area contributed by atoms with Gasteiger partial charge in [0.05, 0.1) is 23.2 Å². The minimum absolute atomic E-state index is 0. The van der Waals surface area contributed by atoms with E-state index in [1.807, 2.05) is 30.3 Å². The number of halogens is 3. The SMILES string of the molecule is C.COc1ccc(CCBr)cc1Br.COc1ccc(CCn2ccccc2=O)cc1Br.O=CO[O-].O=c1cccc[nH]1.[H-].[K+].[K+]. The summed E-state index contributed by atoms with van der Waals surface area (Å²) in [6, 6.07) is 22.2. The van der Waals surface area contributed by atoms with Gasteiger partial charge in [0.15, 0.2) is 0 Å². The summed E-state index contributed by atoms with van der Waals surface area (Å²) in [4.78, 5) is 35.5. The zero-order valence-corrected chi connectivity index (χ0v) is 35.4. The van der Waals surface area contributed by atoms with E-state index in [2.05, 4.69) is 69.8 Å². The fourth-order valence-corrected chi connectivity index (χ4v) is 4.75. The van der Waals surface area contributed by atoms with Crippen molar-refractivity contribution in [1.29, 1.82) is 0 Å². The topological polar surface area (TPSA) is 123 Å². The Morgan fingerprint density at radius 3 is 1.75 bits per heavy atom. The van der Waals surface area contributed by atoms with Crippen LogP contribution in [0.25, 0.3) is 0 Å². The zero-order valence-electron chi connectivity index (χ0n) is 25.4. The zero-order chi connectivity index (χ0) is 30.5. The number of ether oxygens (including phenoxy) is 2. The molecule has 0 fully saturated rings. The number of nitrogens with one attached hydrogen (secondary N) is 1. The van der Waals surface area contributed by atoms with Gasteiger partial charge in [-0.2, -0.15) is 0 Å². The minimum atomic E-state index is -0.181. The fraction of sp³-hybridized carbons (Fsp3) is 0.233. The van der Waals surface area contributed by atoms with Gasteiger partial charge in [0.1, 0.15) is 11.5 Å². The molecule has 230 valence electrons. The summed E-state index contributed by atoms with van der Waals surface area (Å²) in [5.74, 6) is 1.70. The van der Waals surface area contributed by atoms with E-state index in [1.165, 1.54) is 17.2 Å². The first-order valence-corrected chi connectivity index (χ1v) is 14.7. The molecule has 0 atom stereocenters. The van der Waals surface area contributed by atoms with Crippen LogP contribution in [0.15, 0.2) is 104 Å². The quantitative estimate of drug-likeness (QED) is 0.0860. The maximum absolute atomic E-state index is 11.5. The van der Waals surface area contributed by atoms with Crippen molar-refractivity contribution in [3.05, 3.63) is 126 Å². The number of alkyl halides is 1. The molecular formula is C30H35Br3K2N2O7. The molecule has 2 heterocycles. The van der Waals surface area contributed by atoms with Crippen molar-refractivity contribution >= 4 is 54.3 Å². The van der Waals surface area contributed by atoms with Crippen LogP contribution in [0, 0.1) is 0 Å². The van der Waals surface area contributed by atoms with Crippen LogP contribution in [0.1, 0.15) is 20.0 Å². The van der Waals surface area contributed by atoms with Crippen LogP contribution in [0.4, 0.5) is 0 Å². The van der Waals surface area contributed by atoms with Gasteiger partial charge in [-0.1, -0.05) is 47.6 Å². The maximum Gasteiger partial charge on any atom is 1.00 e. The molecule has 2 aromatic carbocycles. The van der Waals surface area contributed by atoms with Crippen LogP contribution in [0.5, 0.6) is 11.5 Å². The molecule has 0 aliphatic rings. The first-order valence-electron chi connectivity index (χ1n) is 12.0. The van der Waals surface area contributed by atoms with Crippen molar-refractivity contribution in [2.45, 2.75) is 26.8 Å². The van der Waals surface area contributed by atoms with Gasteiger partial charge in [0.25, 0.3) is 12.0 Å². The second kappa shape index (κ2) is 30.4. The van der Waals surface area contributed by atoms with Crippen molar-refractivity contribution in [2.75, 3.05) is 19.5 Å². The van der Waals surface area contributed by atoms with E-state index in [0.717, 1.165) is 38.6 Å². The number of nitrogens with zero attached hydrogens (tertiary/aromatic N) is 1. The third-order valence-electron chi connectivity index (χ3n) is 5.08. The van der Waals surface area contributed by atoms with Crippen molar-refractivity contribution in [3.63, 3.8) is 0 Å². The van der Waals surface area contributed by atoms with Gasteiger partial charge in [-0.3, -0.25) is 14.4 Å². The van der Waals surface area contributed by atoms with E-state index < -0.39 is 0 Å². The number of aromatic amines is 1. The van der Waals surface area contributed by atoms with Gasteiger partial charge < -0.3 is 30.6 Å². The van der Waals surface area contributed by atoms with Crippen LogP contribution in [0.3, 0.4) is 0 Å². The predicted octanol–water partition coefficient (Wildman–Crippen LogP) is -0.177. The number of aromatic nitrogens is 2. The molecule has 0 bridgehead atoms. The monoisotopic (exact) mass is 850 g/mol. The molecule has 9 nitrogen and oxygen atoms in total. The van der Waals surface area contributed by atoms with Crippen LogP contribution in [-0.2, 0) is 29.1 Å². The Morgan fingerprint density at radius 2 is 1.39 bits per heavy atom. The molecule has 0 saturated carbocycles. The van der Waals surface area contributed by atoms with Crippen LogP contribution in [-0.4, -0.2) is 35.6 Å².